The quantitative estimate of drug-likeness (QED) is 0.723. The lowest BCUT2D eigenvalue weighted by Crippen LogP contribution is -2.03. The number of rotatable bonds is 2. The van der Waals surface area contributed by atoms with Crippen molar-refractivity contribution in [2.24, 2.45) is 0 Å². The van der Waals surface area contributed by atoms with Crippen molar-refractivity contribution < 1.29 is 12.8 Å². The summed E-state index contributed by atoms with van der Waals surface area (Å²) in [5, 5.41) is 0.431. The van der Waals surface area contributed by atoms with Gasteiger partial charge in [-0.15, -0.1) is 0 Å². The molecule has 0 N–H and O–H groups in total. The summed E-state index contributed by atoms with van der Waals surface area (Å²) in [7, 11) is -3.43. The molecule has 0 bridgehead atoms. The number of sulfone groups is 1. The van der Waals surface area contributed by atoms with Gasteiger partial charge in [-0.2, -0.15) is 0 Å². The van der Waals surface area contributed by atoms with Crippen LogP contribution in [0.15, 0.2) is 53.4 Å². The lowest BCUT2D eigenvalue weighted by Gasteiger charge is -2.12. The molecule has 0 amide bonds. The van der Waals surface area contributed by atoms with Crippen molar-refractivity contribution in [2.75, 3.05) is 6.26 Å². The van der Waals surface area contributed by atoms with E-state index in [0.29, 0.717) is 27.7 Å². The molecule has 3 nitrogen and oxygen atoms in total. The van der Waals surface area contributed by atoms with Crippen LogP contribution in [0.25, 0.3) is 22.2 Å². The van der Waals surface area contributed by atoms with Gasteiger partial charge in [0.2, 0.25) is 0 Å². The molecule has 0 saturated heterocycles. The highest BCUT2D eigenvalue weighted by Gasteiger charge is 2.19. The lowest BCUT2D eigenvalue weighted by atomic mass is 10.0. The zero-order valence-corrected chi connectivity index (χ0v) is 13.0. The van der Waals surface area contributed by atoms with Crippen molar-refractivity contribution in [3.05, 3.63) is 59.9 Å². The monoisotopic (exact) mass is 315 g/mol. The van der Waals surface area contributed by atoms with Crippen LogP contribution in [0, 0.1) is 12.7 Å². The van der Waals surface area contributed by atoms with Gasteiger partial charge in [-0.05, 0) is 25.1 Å². The maximum Gasteiger partial charge on any atom is 0.176 e. The van der Waals surface area contributed by atoms with Gasteiger partial charge in [0.1, 0.15) is 5.82 Å². The number of nitrogens with zero attached hydrogens (tertiary/aromatic N) is 1. The second kappa shape index (κ2) is 5.18. The smallest absolute Gasteiger partial charge is 0.176 e. The molecule has 1 heterocycles. The molecule has 112 valence electrons. The summed E-state index contributed by atoms with van der Waals surface area (Å²) in [6, 6.07) is 13.4. The van der Waals surface area contributed by atoms with Crippen molar-refractivity contribution in [1.82, 2.24) is 4.98 Å². The maximum absolute atomic E-state index is 14.6. The number of benzene rings is 2. The first-order valence-electron chi connectivity index (χ1n) is 6.74. The first-order chi connectivity index (χ1) is 10.4. The van der Waals surface area contributed by atoms with Crippen molar-refractivity contribution in [3.8, 4) is 11.3 Å². The van der Waals surface area contributed by atoms with Gasteiger partial charge in [-0.3, -0.25) is 0 Å². The fraction of sp³-hybridized carbons (Fsp3) is 0.118. The molecule has 3 aromatic rings. The molecular formula is C17H14FNO2S. The Balaban J connectivity index is 2.40. The van der Waals surface area contributed by atoms with Crippen LogP contribution in [0.2, 0.25) is 0 Å². The Morgan fingerprint density at radius 2 is 1.64 bits per heavy atom. The summed E-state index contributed by atoms with van der Waals surface area (Å²) in [4.78, 5) is 4.63. The highest BCUT2D eigenvalue weighted by Crippen LogP contribution is 2.32. The molecule has 1 aromatic heterocycles. The van der Waals surface area contributed by atoms with Gasteiger partial charge in [-0.25, -0.2) is 17.8 Å². The van der Waals surface area contributed by atoms with Gasteiger partial charge >= 0.3 is 0 Å². The van der Waals surface area contributed by atoms with Crippen LogP contribution < -0.4 is 0 Å². The third kappa shape index (κ3) is 2.37. The minimum absolute atomic E-state index is 0.153. The van der Waals surface area contributed by atoms with Crippen LogP contribution in [-0.2, 0) is 9.84 Å². The average molecular weight is 315 g/mol. The molecule has 2 aromatic carbocycles. The molecule has 0 atom stereocenters. The molecule has 0 saturated carbocycles. The number of hydrogen-bond acceptors (Lipinski definition) is 3. The molecule has 3 rings (SSSR count). The summed E-state index contributed by atoms with van der Waals surface area (Å²) >= 11 is 0. The van der Waals surface area contributed by atoms with E-state index in [-0.39, 0.29) is 10.7 Å². The molecule has 5 heteroatoms. The van der Waals surface area contributed by atoms with Gasteiger partial charge in [-0.1, -0.05) is 30.3 Å². The zero-order chi connectivity index (χ0) is 15.9. The lowest BCUT2D eigenvalue weighted by molar-refractivity contribution is 0.602. The number of pyridine rings is 1. The van der Waals surface area contributed by atoms with E-state index in [9.17, 15) is 12.8 Å². The Morgan fingerprint density at radius 1 is 1.00 bits per heavy atom. The third-order valence-corrected chi connectivity index (χ3v) is 4.75. The summed E-state index contributed by atoms with van der Waals surface area (Å²) in [5.41, 5.74) is 1.63. The number of hydrogen-bond donors (Lipinski definition) is 0. The highest BCUT2D eigenvalue weighted by atomic mass is 32.2. The van der Waals surface area contributed by atoms with Gasteiger partial charge in [0.25, 0.3) is 0 Å². The van der Waals surface area contributed by atoms with Crippen LogP contribution >= 0.6 is 0 Å². The average Bonchev–Trinajstić information content (AvgIpc) is 2.50. The first kappa shape index (κ1) is 14.7. The number of fused-ring (bicyclic) bond motifs is 1. The van der Waals surface area contributed by atoms with E-state index in [1.165, 1.54) is 6.07 Å². The standard InChI is InChI=1S/C17H14FNO2S/c1-11-16(18)12-7-3-5-9-14(12)19-17(11)13-8-4-6-10-15(13)22(2,20)21/h3-10H,1-2H3. The predicted molar refractivity (Wildman–Crippen MR) is 85.0 cm³/mol. The van der Waals surface area contributed by atoms with Crippen molar-refractivity contribution in [3.63, 3.8) is 0 Å². The van der Waals surface area contributed by atoms with E-state index in [1.54, 1.807) is 49.4 Å². The molecule has 0 fully saturated rings. The van der Waals surface area contributed by atoms with Gasteiger partial charge < -0.3 is 0 Å². The summed E-state index contributed by atoms with van der Waals surface area (Å²) in [5.74, 6) is -0.371. The highest BCUT2D eigenvalue weighted by molar-refractivity contribution is 7.90. The molecule has 0 radical (unpaired) electrons. The fourth-order valence-corrected chi connectivity index (χ4v) is 3.40. The normalized spacial score (nSPS) is 11.8. The van der Waals surface area contributed by atoms with Crippen LogP contribution in [0.3, 0.4) is 0 Å². The minimum Gasteiger partial charge on any atom is -0.247 e. The Bertz CT molecular complexity index is 981. The summed E-state index contributed by atoms with van der Waals surface area (Å²) in [6.45, 7) is 1.61. The topological polar surface area (TPSA) is 47.0 Å². The number of para-hydroxylation sites is 1. The van der Waals surface area contributed by atoms with Gasteiger partial charge in [0, 0.05) is 22.8 Å². The molecule has 0 aliphatic carbocycles. The first-order valence-corrected chi connectivity index (χ1v) is 8.63. The zero-order valence-electron chi connectivity index (χ0n) is 12.2. The second-order valence-corrected chi connectivity index (χ2v) is 7.17. The maximum atomic E-state index is 14.6. The Labute approximate surface area is 128 Å². The minimum atomic E-state index is -3.43. The SMILES string of the molecule is Cc1c(-c2ccccc2S(C)(=O)=O)nc2ccccc2c1F. The van der Waals surface area contributed by atoms with Crippen molar-refractivity contribution in [1.29, 1.82) is 0 Å². The molecule has 0 unspecified atom stereocenters. The third-order valence-electron chi connectivity index (χ3n) is 3.60. The summed E-state index contributed by atoms with van der Waals surface area (Å²) < 4.78 is 38.5. The van der Waals surface area contributed by atoms with E-state index in [2.05, 4.69) is 4.98 Å². The van der Waals surface area contributed by atoms with Gasteiger partial charge in [0.05, 0.1) is 16.1 Å². The van der Waals surface area contributed by atoms with Crippen LogP contribution in [-0.4, -0.2) is 19.7 Å². The fourth-order valence-electron chi connectivity index (χ4n) is 2.51. The van der Waals surface area contributed by atoms with Crippen LogP contribution in [0.5, 0.6) is 0 Å². The van der Waals surface area contributed by atoms with Crippen LogP contribution in [0.1, 0.15) is 5.56 Å². The van der Waals surface area contributed by atoms with Crippen LogP contribution in [0.4, 0.5) is 4.39 Å². The second-order valence-electron chi connectivity index (χ2n) is 5.18. The Hall–Kier alpha value is -2.27. The molecule has 22 heavy (non-hydrogen) atoms. The number of halogens is 1. The van der Waals surface area contributed by atoms with Crippen molar-refractivity contribution >= 4 is 20.7 Å². The molecule has 0 spiro atoms. The Kier molecular flexibility index (Phi) is 3.45. The van der Waals surface area contributed by atoms with E-state index in [1.807, 2.05) is 0 Å². The summed E-state index contributed by atoms with van der Waals surface area (Å²) in [6.07, 6.45) is 1.14. The van der Waals surface area contributed by atoms with E-state index in [0.717, 1.165) is 6.26 Å². The van der Waals surface area contributed by atoms with E-state index >= 15 is 0 Å². The van der Waals surface area contributed by atoms with E-state index in [4.69, 9.17) is 0 Å². The largest absolute Gasteiger partial charge is 0.247 e. The number of aromatic nitrogens is 1. The molecule has 0 aliphatic heterocycles. The van der Waals surface area contributed by atoms with Gasteiger partial charge in [0.15, 0.2) is 9.84 Å². The Morgan fingerprint density at radius 3 is 2.36 bits per heavy atom. The van der Waals surface area contributed by atoms with Crippen molar-refractivity contribution in [2.45, 2.75) is 11.8 Å². The predicted octanol–water partition coefficient (Wildman–Crippen LogP) is 3.75. The molecule has 0 aliphatic rings. The van der Waals surface area contributed by atoms with E-state index < -0.39 is 9.84 Å². The molecular weight excluding hydrogens is 301 g/mol.